The molecule has 0 bridgehead atoms. The van der Waals surface area contributed by atoms with E-state index in [4.69, 9.17) is 11.6 Å². The molecule has 5 nitrogen and oxygen atoms in total. The molecule has 1 aliphatic rings. The van der Waals surface area contributed by atoms with Gasteiger partial charge in [0.05, 0.1) is 15.4 Å². The quantitative estimate of drug-likeness (QED) is 0.320. The van der Waals surface area contributed by atoms with Crippen molar-refractivity contribution in [3.05, 3.63) is 101 Å². The number of carbonyl (C=O) groups excluding carboxylic acids is 1. The van der Waals surface area contributed by atoms with Crippen LogP contribution < -0.4 is 4.72 Å². The van der Waals surface area contributed by atoms with E-state index in [1.165, 1.54) is 18.0 Å². The Bertz CT molecular complexity index is 1340. The zero-order valence-corrected chi connectivity index (χ0v) is 20.5. The minimum absolute atomic E-state index is 0.0342. The summed E-state index contributed by atoms with van der Waals surface area (Å²) in [6, 6.07) is 22.5. The number of anilines is 1. The number of hydrogen-bond acceptors (Lipinski definition) is 5. The van der Waals surface area contributed by atoms with Crippen LogP contribution in [0.5, 0.6) is 0 Å². The molecule has 35 heavy (non-hydrogen) atoms. The number of carbonyl (C=O) groups is 1. The largest absolute Gasteiger partial charge is 0.336 e. The third kappa shape index (κ3) is 5.59. The van der Waals surface area contributed by atoms with Crippen LogP contribution in [0.25, 0.3) is 10.9 Å². The summed E-state index contributed by atoms with van der Waals surface area (Å²) in [5.74, 6) is -0.372. The first-order chi connectivity index (χ1) is 17.1. The van der Waals surface area contributed by atoms with E-state index >= 15 is 0 Å². The Morgan fingerprint density at radius 3 is 2.54 bits per heavy atom. The van der Waals surface area contributed by atoms with E-state index in [-0.39, 0.29) is 10.9 Å². The number of nitrogens with one attached hydrogen (secondary N) is 1. The minimum Gasteiger partial charge on any atom is -0.336 e. The topological polar surface area (TPSA) is 48.5 Å². The fourth-order valence-electron chi connectivity index (χ4n) is 4.14. The van der Waals surface area contributed by atoms with Crippen molar-refractivity contribution in [3.8, 4) is 0 Å². The number of halogens is 2. The molecule has 0 unspecified atom stereocenters. The van der Waals surface area contributed by atoms with Crippen molar-refractivity contribution in [2.45, 2.75) is 11.4 Å². The van der Waals surface area contributed by atoms with Gasteiger partial charge in [-0.1, -0.05) is 35.9 Å². The summed E-state index contributed by atoms with van der Waals surface area (Å²) >= 11 is 7.40. The highest BCUT2D eigenvalue weighted by Crippen LogP contribution is 2.27. The van der Waals surface area contributed by atoms with Gasteiger partial charge in [0.25, 0.3) is 5.91 Å². The van der Waals surface area contributed by atoms with Gasteiger partial charge in [0.2, 0.25) is 0 Å². The molecule has 1 aromatic heterocycles. The van der Waals surface area contributed by atoms with Gasteiger partial charge in [0, 0.05) is 55.6 Å². The maximum Gasteiger partial charge on any atom is 0.253 e. The lowest BCUT2D eigenvalue weighted by Crippen LogP contribution is -2.48. The zero-order valence-electron chi connectivity index (χ0n) is 19.0. The van der Waals surface area contributed by atoms with Crippen LogP contribution >= 0.6 is 23.5 Å². The number of piperazine rings is 1. The summed E-state index contributed by atoms with van der Waals surface area (Å²) in [5, 5.41) is 1.24. The number of fused-ring (bicyclic) bond motifs is 1. The maximum atomic E-state index is 13.4. The van der Waals surface area contributed by atoms with E-state index in [2.05, 4.69) is 14.6 Å². The SMILES string of the molecule is O=C(c1ccc(NSc2cccc3cccnc23)cc1)N1CCN(Cc2ccc(F)c(Cl)c2)CC1. The van der Waals surface area contributed by atoms with Crippen LogP contribution in [0.4, 0.5) is 10.1 Å². The summed E-state index contributed by atoms with van der Waals surface area (Å²) in [5.41, 5.74) is 3.52. The number of benzene rings is 3. The molecule has 1 saturated heterocycles. The summed E-state index contributed by atoms with van der Waals surface area (Å²) < 4.78 is 16.7. The Labute approximate surface area is 213 Å². The first kappa shape index (κ1) is 23.6. The molecule has 1 amide bonds. The van der Waals surface area contributed by atoms with Crippen LogP contribution in [0.15, 0.2) is 83.9 Å². The van der Waals surface area contributed by atoms with Crippen LogP contribution in [0.3, 0.4) is 0 Å². The molecule has 0 aliphatic carbocycles. The van der Waals surface area contributed by atoms with E-state index < -0.39 is 5.82 Å². The fourth-order valence-corrected chi connectivity index (χ4v) is 5.12. The third-order valence-electron chi connectivity index (χ3n) is 6.06. The second kappa shape index (κ2) is 10.6. The van der Waals surface area contributed by atoms with Crippen LogP contribution in [0.1, 0.15) is 15.9 Å². The van der Waals surface area contributed by atoms with Gasteiger partial charge in [-0.25, -0.2) is 4.39 Å². The Hall–Kier alpha value is -3.13. The van der Waals surface area contributed by atoms with Gasteiger partial charge in [-0.05, 0) is 66.0 Å². The normalized spacial score (nSPS) is 14.3. The van der Waals surface area contributed by atoms with Gasteiger partial charge in [0.15, 0.2) is 0 Å². The monoisotopic (exact) mass is 506 g/mol. The van der Waals surface area contributed by atoms with Gasteiger partial charge in [-0.3, -0.25) is 14.7 Å². The lowest BCUT2D eigenvalue weighted by molar-refractivity contribution is 0.0628. The molecular formula is C27H24ClFN4OS. The minimum atomic E-state index is -0.406. The highest BCUT2D eigenvalue weighted by molar-refractivity contribution is 8.00. The molecule has 3 aromatic carbocycles. The zero-order chi connectivity index (χ0) is 24.2. The Morgan fingerprint density at radius 2 is 1.77 bits per heavy atom. The van der Waals surface area contributed by atoms with Crippen molar-refractivity contribution in [2.24, 2.45) is 0 Å². The molecule has 8 heteroatoms. The Kier molecular flexibility index (Phi) is 7.18. The average Bonchev–Trinajstić information content (AvgIpc) is 2.90. The molecular weight excluding hydrogens is 483 g/mol. The van der Waals surface area contributed by atoms with Crippen molar-refractivity contribution in [1.82, 2.24) is 14.8 Å². The van der Waals surface area contributed by atoms with Crippen molar-refractivity contribution in [1.29, 1.82) is 0 Å². The lowest BCUT2D eigenvalue weighted by atomic mass is 10.1. The predicted octanol–water partition coefficient (Wildman–Crippen LogP) is 6.10. The van der Waals surface area contributed by atoms with E-state index in [9.17, 15) is 9.18 Å². The van der Waals surface area contributed by atoms with Crippen molar-refractivity contribution in [2.75, 3.05) is 30.9 Å². The molecule has 178 valence electrons. The van der Waals surface area contributed by atoms with Gasteiger partial charge < -0.3 is 9.62 Å². The number of hydrogen-bond donors (Lipinski definition) is 1. The van der Waals surface area contributed by atoms with E-state index in [0.29, 0.717) is 25.2 Å². The van der Waals surface area contributed by atoms with Crippen LogP contribution in [0, 0.1) is 5.82 Å². The summed E-state index contributed by atoms with van der Waals surface area (Å²) in [4.78, 5) is 22.7. The molecule has 2 heterocycles. The highest BCUT2D eigenvalue weighted by atomic mass is 35.5. The van der Waals surface area contributed by atoms with Crippen molar-refractivity contribution in [3.63, 3.8) is 0 Å². The number of aromatic nitrogens is 1. The number of rotatable bonds is 6. The summed E-state index contributed by atoms with van der Waals surface area (Å²) in [6.07, 6.45) is 1.80. The number of amides is 1. The predicted molar refractivity (Wildman–Crippen MR) is 140 cm³/mol. The number of pyridine rings is 1. The smallest absolute Gasteiger partial charge is 0.253 e. The fraction of sp³-hybridized carbons (Fsp3) is 0.185. The van der Waals surface area contributed by atoms with E-state index in [1.807, 2.05) is 59.5 Å². The third-order valence-corrected chi connectivity index (χ3v) is 7.23. The van der Waals surface area contributed by atoms with Crippen molar-refractivity contribution >= 4 is 46.0 Å². The van der Waals surface area contributed by atoms with Gasteiger partial charge in [0.1, 0.15) is 5.82 Å². The van der Waals surface area contributed by atoms with Crippen LogP contribution in [-0.4, -0.2) is 46.9 Å². The first-order valence-corrected chi connectivity index (χ1v) is 12.6. The Morgan fingerprint density at radius 1 is 1.00 bits per heavy atom. The van der Waals surface area contributed by atoms with Gasteiger partial charge in [-0.15, -0.1) is 0 Å². The molecule has 0 radical (unpaired) electrons. The van der Waals surface area contributed by atoms with Gasteiger partial charge in [-0.2, -0.15) is 0 Å². The van der Waals surface area contributed by atoms with E-state index in [1.54, 1.807) is 18.3 Å². The van der Waals surface area contributed by atoms with Gasteiger partial charge >= 0.3 is 0 Å². The molecule has 1 aliphatic heterocycles. The molecule has 1 N–H and O–H groups in total. The Balaban J connectivity index is 1.14. The summed E-state index contributed by atoms with van der Waals surface area (Å²) in [7, 11) is 0. The molecule has 5 rings (SSSR count). The van der Waals surface area contributed by atoms with E-state index in [0.717, 1.165) is 40.1 Å². The molecule has 0 spiro atoms. The summed E-state index contributed by atoms with van der Waals surface area (Å²) in [6.45, 7) is 3.51. The molecule has 0 atom stereocenters. The molecule has 4 aromatic rings. The first-order valence-electron chi connectivity index (χ1n) is 11.4. The number of nitrogens with zero attached hydrogens (tertiary/aromatic N) is 3. The second-order valence-electron chi connectivity index (χ2n) is 8.43. The highest BCUT2D eigenvalue weighted by Gasteiger charge is 2.22. The maximum absolute atomic E-state index is 13.4. The number of para-hydroxylation sites is 1. The second-order valence-corrected chi connectivity index (χ2v) is 9.68. The lowest BCUT2D eigenvalue weighted by Gasteiger charge is -2.34. The molecule has 1 fully saturated rings. The van der Waals surface area contributed by atoms with Crippen LogP contribution in [0.2, 0.25) is 5.02 Å². The molecule has 0 saturated carbocycles. The van der Waals surface area contributed by atoms with Crippen LogP contribution in [-0.2, 0) is 6.54 Å². The average molecular weight is 507 g/mol. The van der Waals surface area contributed by atoms with Crippen molar-refractivity contribution < 1.29 is 9.18 Å². The standard InChI is InChI=1S/C27H24ClFN4OS/c28-23-17-19(6-11-24(23)29)18-32-13-15-33(16-14-32)27(34)21-7-9-22(10-8-21)31-35-25-5-1-3-20-4-2-12-30-26(20)25/h1-12,17,31H,13-16,18H2.